The molecule has 0 bridgehead atoms. The van der Waals surface area contributed by atoms with E-state index in [1.807, 2.05) is 18.2 Å². The van der Waals surface area contributed by atoms with Gasteiger partial charge in [0.15, 0.2) is 0 Å². The van der Waals surface area contributed by atoms with Crippen LogP contribution in [0.25, 0.3) is 0 Å². The van der Waals surface area contributed by atoms with Crippen LogP contribution in [0.15, 0.2) is 18.2 Å². The van der Waals surface area contributed by atoms with Crippen molar-refractivity contribution in [2.75, 3.05) is 20.2 Å². The Labute approximate surface area is 126 Å². The number of ether oxygens (including phenoxy) is 1. The van der Waals surface area contributed by atoms with Crippen molar-refractivity contribution in [1.29, 1.82) is 0 Å². The minimum Gasteiger partial charge on any atom is -0.497 e. The molecule has 2 N–H and O–H groups in total. The average Bonchev–Trinajstić information content (AvgIpc) is 2.81. The molecule has 2 rings (SSSR count). The highest BCUT2D eigenvalue weighted by molar-refractivity contribution is 6.31. The standard InChI is InChI=1S/C14H21ClN2O.ClH/c1-10(16)11-5-6-17(8-11)9-12-7-13(18-2)3-4-14(12)15;/h3-4,7,10-11H,5-6,8-9,16H2,1-2H3;1H. The highest BCUT2D eigenvalue weighted by Crippen LogP contribution is 2.26. The van der Waals surface area contributed by atoms with Crippen LogP contribution in [0, 0.1) is 5.92 Å². The van der Waals surface area contributed by atoms with Crippen molar-refractivity contribution in [2.45, 2.75) is 25.9 Å². The van der Waals surface area contributed by atoms with E-state index in [2.05, 4.69) is 11.8 Å². The lowest BCUT2D eigenvalue weighted by Crippen LogP contribution is -2.29. The molecule has 1 heterocycles. The molecule has 0 radical (unpaired) electrons. The van der Waals surface area contributed by atoms with Crippen LogP contribution in [0.1, 0.15) is 18.9 Å². The molecule has 108 valence electrons. The lowest BCUT2D eigenvalue weighted by molar-refractivity contribution is 0.308. The van der Waals surface area contributed by atoms with E-state index in [9.17, 15) is 0 Å². The van der Waals surface area contributed by atoms with Gasteiger partial charge < -0.3 is 10.5 Å². The van der Waals surface area contributed by atoms with Gasteiger partial charge in [-0.1, -0.05) is 11.6 Å². The second-order valence-corrected chi connectivity index (χ2v) is 5.51. The molecular weight excluding hydrogens is 283 g/mol. The maximum absolute atomic E-state index is 6.22. The Kier molecular flexibility index (Phi) is 6.40. The number of hydrogen-bond acceptors (Lipinski definition) is 3. The summed E-state index contributed by atoms with van der Waals surface area (Å²) >= 11 is 6.22. The molecule has 2 unspecified atom stereocenters. The van der Waals surface area contributed by atoms with Crippen molar-refractivity contribution in [3.8, 4) is 5.75 Å². The Bertz CT molecular complexity index is 412. The molecule has 0 aliphatic carbocycles. The lowest BCUT2D eigenvalue weighted by Gasteiger charge is -2.18. The van der Waals surface area contributed by atoms with Gasteiger partial charge in [0.25, 0.3) is 0 Å². The Morgan fingerprint density at radius 3 is 2.84 bits per heavy atom. The smallest absolute Gasteiger partial charge is 0.119 e. The topological polar surface area (TPSA) is 38.5 Å². The normalized spacial score (nSPS) is 20.9. The average molecular weight is 305 g/mol. The molecular formula is C14H22Cl2N2O. The molecule has 0 spiro atoms. The van der Waals surface area contributed by atoms with Crippen LogP contribution in [0.5, 0.6) is 5.75 Å². The van der Waals surface area contributed by atoms with E-state index >= 15 is 0 Å². The molecule has 1 saturated heterocycles. The molecule has 0 aromatic heterocycles. The Hall–Kier alpha value is -0.480. The van der Waals surface area contributed by atoms with Crippen molar-refractivity contribution in [3.05, 3.63) is 28.8 Å². The number of likely N-dealkylation sites (tertiary alicyclic amines) is 1. The fraction of sp³-hybridized carbons (Fsp3) is 0.571. The van der Waals surface area contributed by atoms with E-state index in [0.717, 1.165) is 36.0 Å². The summed E-state index contributed by atoms with van der Waals surface area (Å²) in [5.74, 6) is 1.46. The van der Waals surface area contributed by atoms with Crippen molar-refractivity contribution in [2.24, 2.45) is 11.7 Å². The molecule has 2 atom stereocenters. The Morgan fingerprint density at radius 2 is 2.26 bits per heavy atom. The van der Waals surface area contributed by atoms with E-state index in [0.29, 0.717) is 5.92 Å². The van der Waals surface area contributed by atoms with E-state index in [4.69, 9.17) is 22.1 Å². The number of nitrogens with two attached hydrogens (primary N) is 1. The maximum Gasteiger partial charge on any atom is 0.119 e. The Balaban J connectivity index is 0.00000180. The summed E-state index contributed by atoms with van der Waals surface area (Å²) in [6, 6.07) is 6.08. The summed E-state index contributed by atoms with van der Waals surface area (Å²) in [6.45, 7) is 5.12. The minimum absolute atomic E-state index is 0. The first kappa shape index (κ1) is 16.6. The number of hydrogen-bond donors (Lipinski definition) is 1. The molecule has 19 heavy (non-hydrogen) atoms. The van der Waals surface area contributed by atoms with Crippen molar-refractivity contribution >= 4 is 24.0 Å². The second kappa shape index (κ2) is 7.34. The van der Waals surface area contributed by atoms with Crippen molar-refractivity contribution < 1.29 is 4.74 Å². The van der Waals surface area contributed by atoms with Gasteiger partial charge in [0.05, 0.1) is 7.11 Å². The minimum atomic E-state index is 0. The SMILES string of the molecule is COc1ccc(Cl)c(CN2CCC(C(C)N)C2)c1.Cl. The van der Waals surface area contributed by atoms with Gasteiger partial charge >= 0.3 is 0 Å². The van der Waals surface area contributed by atoms with E-state index < -0.39 is 0 Å². The quantitative estimate of drug-likeness (QED) is 0.929. The lowest BCUT2D eigenvalue weighted by atomic mass is 10.0. The fourth-order valence-electron chi connectivity index (χ4n) is 2.48. The monoisotopic (exact) mass is 304 g/mol. The van der Waals surface area contributed by atoms with Gasteiger partial charge in [0.2, 0.25) is 0 Å². The van der Waals surface area contributed by atoms with Gasteiger partial charge in [0, 0.05) is 24.2 Å². The van der Waals surface area contributed by atoms with Crippen LogP contribution in [-0.2, 0) is 6.54 Å². The highest BCUT2D eigenvalue weighted by atomic mass is 35.5. The predicted octanol–water partition coefficient (Wildman–Crippen LogP) is 2.94. The molecule has 1 aliphatic heterocycles. The van der Waals surface area contributed by atoms with E-state index in [-0.39, 0.29) is 18.4 Å². The van der Waals surface area contributed by atoms with Gasteiger partial charge in [0.1, 0.15) is 5.75 Å². The van der Waals surface area contributed by atoms with Gasteiger partial charge in [-0.15, -0.1) is 12.4 Å². The summed E-state index contributed by atoms with van der Waals surface area (Å²) < 4.78 is 5.24. The van der Waals surface area contributed by atoms with Crippen LogP contribution in [0.2, 0.25) is 5.02 Å². The van der Waals surface area contributed by atoms with E-state index in [1.54, 1.807) is 7.11 Å². The second-order valence-electron chi connectivity index (χ2n) is 5.10. The van der Waals surface area contributed by atoms with Crippen LogP contribution < -0.4 is 10.5 Å². The van der Waals surface area contributed by atoms with Gasteiger partial charge in [-0.3, -0.25) is 4.90 Å². The van der Waals surface area contributed by atoms with Crippen molar-refractivity contribution in [1.82, 2.24) is 4.90 Å². The third kappa shape index (κ3) is 4.25. The number of halogens is 2. The van der Waals surface area contributed by atoms with Gasteiger partial charge in [-0.05, 0) is 49.6 Å². The zero-order valence-electron chi connectivity index (χ0n) is 11.4. The Morgan fingerprint density at radius 1 is 1.53 bits per heavy atom. The zero-order valence-corrected chi connectivity index (χ0v) is 13.0. The summed E-state index contributed by atoms with van der Waals surface area (Å²) in [5, 5.41) is 0.806. The molecule has 1 fully saturated rings. The first-order valence-corrected chi connectivity index (χ1v) is 6.78. The third-order valence-electron chi connectivity index (χ3n) is 3.70. The van der Waals surface area contributed by atoms with Gasteiger partial charge in [-0.25, -0.2) is 0 Å². The number of methoxy groups -OCH3 is 1. The van der Waals surface area contributed by atoms with Crippen molar-refractivity contribution in [3.63, 3.8) is 0 Å². The maximum atomic E-state index is 6.22. The molecule has 1 aliphatic rings. The molecule has 0 amide bonds. The van der Waals surface area contributed by atoms with E-state index in [1.165, 1.54) is 6.42 Å². The highest BCUT2D eigenvalue weighted by Gasteiger charge is 2.25. The zero-order chi connectivity index (χ0) is 13.1. The molecule has 1 aromatic carbocycles. The largest absolute Gasteiger partial charge is 0.497 e. The summed E-state index contributed by atoms with van der Waals surface area (Å²) in [7, 11) is 1.68. The molecule has 1 aromatic rings. The van der Waals surface area contributed by atoms with Gasteiger partial charge in [-0.2, -0.15) is 0 Å². The van der Waals surface area contributed by atoms with Crippen LogP contribution in [-0.4, -0.2) is 31.1 Å². The molecule has 5 heteroatoms. The summed E-state index contributed by atoms with van der Waals surface area (Å²) in [6.07, 6.45) is 1.18. The fourth-order valence-corrected chi connectivity index (χ4v) is 2.65. The first-order valence-electron chi connectivity index (χ1n) is 6.40. The third-order valence-corrected chi connectivity index (χ3v) is 4.07. The number of benzene rings is 1. The first-order chi connectivity index (χ1) is 8.60. The van der Waals surface area contributed by atoms with Crippen LogP contribution >= 0.6 is 24.0 Å². The molecule has 3 nitrogen and oxygen atoms in total. The predicted molar refractivity (Wildman–Crippen MR) is 82.3 cm³/mol. The molecule has 0 saturated carbocycles. The van der Waals surface area contributed by atoms with Crippen LogP contribution in [0.4, 0.5) is 0 Å². The summed E-state index contributed by atoms with van der Waals surface area (Å²) in [4.78, 5) is 2.41. The number of rotatable bonds is 4. The number of nitrogens with zero attached hydrogens (tertiary/aromatic N) is 1. The summed E-state index contributed by atoms with van der Waals surface area (Å²) in [5.41, 5.74) is 7.08. The van der Waals surface area contributed by atoms with Crippen LogP contribution in [0.3, 0.4) is 0 Å².